The molecule has 0 N–H and O–H groups in total. The largest absolute Gasteiger partial charge is 0.497 e. The molecule has 3 nitrogen and oxygen atoms in total. The second-order valence-electron chi connectivity index (χ2n) is 4.06. The Hall–Kier alpha value is -1.43. The van der Waals surface area contributed by atoms with E-state index < -0.39 is 6.43 Å². The third-order valence-electron chi connectivity index (χ3n) is 2.71. The molecule has 0 amide bonds. The lowest BCUT2D eigenvalue weighted by atomic mass is 10.2. The zero-order valence-electron chi connectivity index (χ0n) is 10.3. The van der Waals surface area contributed by atoms with Gasteiger partial charge in [0.15, 0.2) is 0 Å². The van der Waals surface area contributed by atoms with Crippen molar-refractivity contribution in [2.45, 2.75) is 13.0 Å². The van der Waals surface area contributed by atoms with E-state index in [1.807, 2.05) is 29.2 Å². The fraction of sp³-hybridized carbons (Fsp3) is 0.308. The molecule has 1 aliphatic rings. The topological polar surface area (TPSA) is 24.8 Å². The summed E-state index contributed by atoms with van der Waals surface area (Å²) in [5, 5.41) is 0. The number of hydrogen-bond donors (Lipinski definition) is 0. The Morgan fingerprint density at radius 2 is 2.05 bits per heavy atom. The molecule has 19 heavy (non-hydrogen) atoms. The SMILES string of the molecule is COc1ccc(CN2C=C(Br)C(C(F)F)=NC2)cc1. The lowest BCUT2D eigenvalue weighted by Crippen LogP contribution is -2.26. The average Bonchev–Trinajstić information content (AvgIpc) is 2.39. The summed E-state index contributed by atoms with van der Waals surface area (Å²) >= 11 is 3.12. The van der Waals surface area contributed by atoms with Crippen molar-refractivity contribution in [3.63, 3.8) is 0 Å². The van der Waals surface area contributed by atoms with Crippen LogP contribution >= 0.6 is 15.9 Å². The van der Waals surface area contributed by atoms with Crippen molar-refractivity contribution in [3.8, 4) is 5.75 Å². The van der Waals surface area contributed by atoms with Crippen LogP contribution in [-0.2, 0) is 6.54 Å². The van der Waals surface area contributed by atoms with Gasteiger partial charge in [-0.05, 0) is 33.6 Å². The number of ether oxygens (including phenoxy) is 1. The van der Waals surface area contributed by atoms with E-state index in [1.54, 1.807) is 13.3 Å². The summed E-state index contributed by atoms with van der Waals surface area (Å²) in [6.45, 7) is 0.847. The number of nitrogens with zero attached hydrogens (tertiary/aromatic N) is 2. The summed E-state index contributed by atoms with van der Waals surface area (Å²) in [5.74, 6) is 0.789. The van der Waals surface area contributed by atoms with Gasteiger partial charge >= 0.3 is 0 Å². The van der Waals surface area contributed by atoms with E-state index in [9.17, 15) is 8.78 Å². The molecule has 0 spiro atoms. The van der Waals surface area contributed by atoms with Gasteiger partial charge in [0, 0.05) is 12.7 Å². The lowest BCUT2D eigenvalue weighted by Gasteiger charge is -2.23. The zero-order valence-corrected chi connectivity index (χ0v) is 11.9. The molecule has 1 aliphatic heterocycles. The van der Waals surface area contributed by atoms with Crippen LogP contribution < -0.4 is 4.74 Å². The lowest BCUT2D eigenvalue weighted by molar-refractivity contribution is 0.223. The summed E-state index contributed by atoms with van der Waals surface area (Å²) < 4.78 is 30.6. The van der Waals surface area contributed by atoms with E-state index in [-0.39, 0.29) is 12.4 Å². The molecular formula is C13H13BrF2N2O. The molecule has 0 fully saturated rings. The van der Waals surface area contributed by atoms with Crippen LogP contribution in [0.5, 0.6) is 5.75 Å². The first-order valence-corrected chi connectivity index (χ1v) is 6.46. The van der Waals surface area contributed by atoms with Crippen molar-refractivity contribution in [1.29, 1.82) is 0 Å². The number of hydrogen-bond acceptors (Lipinski definition) is 3. The quantitative estimate of drug-likeness (QED) is 0.845. The zero-order chi connectivity index (χ0) is 13.8. The van der Waals surface area contributed by atoms with Gasteiger partial charge in [-0.25, -0.2) is 8.78 Å². The number of alkyl halides is 2. The van der Waals surface area contributed by atoms with Crippen LogP contribution in [-0.4, -0.2) is 30.8 Å². The van der Waals surface area contributed by atoms with Crippen molar-refractivity contribution >= 4 is 21.6 Å². The Morgan fingerprint density at radius 1 is 1.37 bits per heavy atom. The highest BCUT2D eigenvalue weighted by atomic mass is 79.9. The van der Waals surface area contributed by atoms with Crippen molar-refractivity contribution in [2.24, 2.45) is 4.99 Å². The number of halogens is 3. The molecular weight excluding hydrogens is 318 g/mol. The van der Waals surface area contributed by atoms with Gasteiger partial charge in [0.2, 0.25) is 0 Å². The molecule has 0 radical (unpaired) electrons. The number of rotatable bonds is 4. The summed E-state index contributed by atoms with van der Waals surface area (Å²) in [4.78, 5) is 5.73. The fourth-order valence-electron chi connectivity index (χ4n) is 1.74. The molecule has 0 aromatic heterocycles. The smallest absolute Gasteiger partial charge is 0.281 e. The maximum atomic E-state index is 12.6. The second kappa shape index (κ2) is 6.14. The van der Waals surface area contributed by atoms with E-state index in [4.69, 9.17) is 4.74 Å². The van der Waals surface area contributed by atoms with Gasteiger partial charge in [-0.2, -0.15) is 0 Å². The highest BCUT2D eigenvalue weighted by Gasteiger charge is 2.20. The number of methoxy groups -OCH3 is 1. The Morgan fingerprint density at radius 3 is 2.58 bits per heavy atom. The molecule has 0 unspecified atom stereocenters. The van der Waals surface area contributed by atoms with Gasteiger partial charge in [0.1, 0.15) is 18.1 Å². The predicted molar refractivity (Wildman–Crippen MR) is 73.9 cm³/mol. The summed E-state index contributed by atoms with van der Waals surface area (Å²) in [7, 11) is 1.61. The maximum absolute atomic E-state index is 12.6. The van der Waals surface area contributed by atoms with Crippen LogP contribution in [0.3, 0.4) is 0 Å². The minimum absolute atomic E-state index is 0.189. The minimum Gasteiger partial charge on any atom is -0.497 e. The van der Waals surface area contributed by atoms with Crippen molar-refractivity contribution in [1.82, 2.24) is 4.90 Å². The molecule has 1 aromatic rings. The molecule has 1 heterocycles. The average molecular weight is 331 g/mol. The van der Waals surface area contributed by atoms with Crippen molar-refractivity contribution < 1.29 is 13.5 Å². The highest BCUT2D eigenvalue weighted by Crippen LogP contribution is 2.21. The van der Waals surface area contributed by atoms with Crippen LogP contribution in [0, 0.1) is 0 Å². The summed E-state index contributed by atoms with van der Waals surface area (Å²) in [6, 6.07) is 7.61. The molecule has 0 saturated carbocycles. The second-order valence-corrected chi connectivity index (χ2v) is 4.91. The molecule has 1 aromatic carbocycles. The van der Waals surface area contributed by atoms with Crippen molar-refractivity contribution in [3.05, 3.63) is 40.5 Å². The van der Waals surface area contributed by atoms with Gasteiger partial charge in [0.25, 0.3) is 6.43 Å². The monoisotopic (exact) mass is 330 g/mol. The Balaban J connectivity index is 2.02. The first-order valence-electron chi connectivity index (χ1n) is 5.67. The molecule has 102 valence electrons. The van der Waals surface area contributed by atoms with E-state index in [0.29, 0.717) is 11.0 Å². The normalized spacial score (nSPS) is 15.3. The molecule has 6 heteroatoms. The third kappa shape index (κ3) is 3.53. The first-order chi connectivity index (χ1) is 9.10. The van der Waals surface area contributed by atoms with Crippen LogP contribution in [0.2, 0.25) is 0 Å². The molecule has 0 saturated heterocycles. The van der Waals surface area contributed by atoms with Gasteiger partial charge < -0.3 is 9.64 Å². The summed E-state index contributed by atoms with van der Waals surface area (Å²) in [6.07, 6.45) is -0.896. The van der Waals surface area contributed by atoms with Gasteiger partial charge in [-0.1, -0.05) is 12.1 Å². The standard InChI is InChI=1S/C13H13BrF2N2O/c1-19-10-4-2-9(3-5-10)6-18-7-11(14)12(13(15)16)17-8-18/h2-5,7,13H,6,8H2,1H3. The fourth-order valence-corrected chi connectivity index (χ4v) is 2.33. The highest BCUT2D eigenvalue weighted by molar-refractivity contribution is 9.12. The Bertz CT molecular complexity index is 500. The van der Waals surface area contributed by atoms with E-state index in [1.165, 1.54) is 0 Å². The molecule has 2 rings (SSSR count). The van der Waals surface area contributed by atoms with Gasteiger partial charge in [-0.15, -0.1) is 0 Å². The third-order valence-corrected chi connectivity index (χ3v) is 3.33. The predicted octanol–water partition coefficient (Wildman–Crippen LogP) is 3.41. The first kappa shape index (κ1) is 14.0. The Kier molecular flexibility index (Phi) is 4.52. The van der Waals surface area contributed by atoms with Crippen LogP contribution in [0.1, 0.15) is 5.56 Å². The van der Waals surface area contributed by atoms with Crippen LogP contribution in [0.15, 0.2) is 39.9 Å². The molecule has 0 atom stereocenters. The van der Waals surface area contributed by atoms with Gasteiger partial charge in [0.05, 0.1) is 11.6 Å². The molecule has 0 aliphatic carbocycles. The molecule has 0 bridgehead atoms. The van der Waals surface area contributed by atoms with Crippen molar-refractivity contribution in [2.75, 3.05) is 13.8 Å². The van der Waals surface area contributed by atoms with Crippen LogP contribution in [0.4, 0.5) is 8.78 Å². The van der Waals surface area contributed by atoms with E-state index >= 15 is 0 Å². The Labute approximate surface area is 118 Å². The van der Waals surface area contributed by atoms with E-state index in [2.05, 4.69) is 20.9 Å². The van der Waals surface area contributed by atoms with E-state index in [0.717, 1.165) is 11.3 Å². The maximum Gasteiger partial charge on any atom is 0.281 e. The number of allylic oxidation sites excluding steroid dienone is 1. The van der Waals surface area contributed by atoms with Crippen LogP contribution in [0.25, 0.3) is 0 Å². The summed E-state index contributed by atoms with van der Waals surface area (Å²) in [5.41, 5.74) is 0.874. The van der Waals surface area contributed by atoms with Gasteiger partial charge in [-0.3, -0.25) is 4.99 Å². The number of aliphatic imine (C=N–C) groups is 1. The number of benzene rings is 1. The minimum atomic E-state index is -2.55.